The Balaban J connectivity index is 1.29. The SMILES string of the molecule is CC1(C)SC2C(NC(c3ccccc3)(c3ccccc3)c3ccc(Br)cc3)C(=O)N2C1c1nnnn1Cc1cccs1. The van der Waals surface area contributed by atoms with Crippen molar-refractivity contribution in [3.63, 3.8) is 0 Å². The summed E-state index contributed by atoms with van der Waals surface area (Å²) in [6, 6.07) is 32.6. The number of halogens is 1. The van der Waals surface area contributed by atoms with E-state index in [4.69, 9.17) is 0 Å². The summed E-state index contributed by atoms with van der Waals surface area (Å²) in [6.45, 7) is 4.96. The topological polar surface area (TPSA) is 75.9 Å². The summed E-state index contributed by atoms with van der Waals surface area (Å²) in [6.07, 6.45) is 0. The fraction of sp³-hybridized carbons (Fsp3) is 0.250. The second-order valence-corrected chi connectivity index (χ2v) is 14.9. The van der Waals surface area contributed by atoms with Gasteiger partial charge in [-0.2, -0.15) is 0 Å². The molecule has 2 aliphatic heterocycles. The molecule has 1 amide bonds. The van der Waals surface area contributed by atoms with Crippen LogP contribution in [0.15, 0.2) is 107 Å². The van der Waals surface area contributed by atoms with Crippen molar-refractivity contribution in [1.82, 2.24) is 30.4 Å². The van der Waals surface area contributed by atoms with Gasteiger partial charge >= 0.3 is 0 Å². The molecule has 0 bridgehead atoms. The molecular formula is C32H29BrN6OS2. The lowest BCUT2D eigenvalue weighted by atomic mass is 9.76. The standard InChI is InChI=1S/C32H29BrN6OS2/c1-31(2)27(28-35-36-37-38(28)20-25-14-9-19-41-25)39-29(40)26(30(39)42-31)34-32(21-10-5-3-6-11-21,22-12-7-4-8-13-22)23-15-17-24(33)18-16-23/h3-19,26-27,30,34H,20H2,1-2H3. The minimum absolute atomic E-state index is 0.0575. The number of carbonyl (C=O) groups is 1. The first-order valence-electron chi connectivity index (χ1n) is 13.8. The molecule has 2 aromatic heterocycles. The molecule has 3 atom stereocenters. The molecule has 0 aliphatic carbocycles. The summed E-state index contributed by atoms with van der Waals surface area (Å²) in [5.74, 6) is 0.780. The largest absolute Gasteiger partial charge is 0.315 e. The van der Waals surface area contributed by atoms with E-state index in [1.165, 1.54) is 4.88 Å². The molecule has 3 unspecified atom stereocenters. The van der Waals surface area contributed by atoms with E-state index in [0.29, 0.717) is 6.54 Å². The highest BCUT2D eigenvalue weighted by Gasteiger charge is 2.64. The van der Waals surface area contributed by atoms with Crippen molar-refractivity contribution in [3.8, 4) is 0 Å². The molecule has 2 saturated heterocycles. The average molecular weight is 658 g/mol. The predicted molar refractivity (Wildman–Crippen MR) is 170 cm³/mol. The molecule has 4 heterocycles. The van der Waals surface area contributed by atoms with Gasteiger partial charge in [-0.1, -0.05) is 94.8 Å². The van der Waals surface area contributed by atoms with Gasteiger partial charge in [0.1, 0.15) is 17.5 Å². The van der Waals surface area contributed by atoms with Gasteiger partial charge in [-0.25, -0.2) is 4.68 Å². The summed E-state index contributed by atoms with van der Waals surface area (Å²) in [7, 11) is 0. The van der Waals surface area contributed by atoms with Crippen LogP contribution < -0.4 is 5.32 Å². The van der Waals surface area contributed by atoms with Gasteiger partial charge in [-0.15, -0.1) is 28.2 Å². The Morgan fingerprint density at radius 1 is 0.905 bits per heavy atom. The highest BCUT2D eigenvalue weighted by atomic mass is 79.9. The Morgan fingerprint density at radius 3 is 2.17 bits per heavy atom. The van der Waals surface area contributed by atoms with E-state index in [1.54, 1.807) is 11.3 Å². The number of nitrogens with one attached hydrogen (secondary N) is 1. The molecule has 5 aromatic rings. The van der Waals surface area contributed by atoms with Crippen LogP contribution in [0.25, 0.3) is 0 Å². The molecule has 0 saturated carbocycles. The van der Waals surface area contributed by atoms with Gasteiger partial charge in [0.15, 0.2) is 5.82 Å². The Labute approximate surface area is 261 Å². The first kappa shape index (κ1) is 27.5. The quantitative estimate of drug-likeness (QED) is 0.158. The Kier molecular flexibility index (Phi) is 7.05. The number of benzene rings is 3. The van der Waals surface area contributed by atoms with Crippen LogP contribution in [0.5, 0.6) is 0 Å². The van der Waals surface area contributed by atoms with Crippen LogP contribution >= 0.6 is 39.0 Å². The monoisotopic (exact) mass is 656 g/mol. The zero-order chi connectivity index (χ0) is 28.9. The Hall–Kier alpha value is -3.31. The lowest BCUT2D eigenvalue weighted by Crippen LogP contribution is -2.70. The molecule has 7 nitrogen and oxygen atoms in total. The maximum absolute atomic E-state index is 14.3. The third kappa shape index (κ3) is 4.52. The summed E-state index contributed by atoms with van der Waals surface area (Å²) >= 11 is 7.09. The number of thiophene rings is 1. The van der Waals surface area contributed by atoms with Crippen molar-refractivity contribution >= 4 is 44.9 Å². The van der Waals surface area contributed by atoms with Crippen molar-refractivity contribution in [2.24, 2.45) is 0 Å². The van der Waals surface area contributed by atoms with Gasteiger partial charge in [-0.05, 0) is 64.5 Å². The summed E-state index contributed by atoms with van der Waals surface area (Å²) in [4.78, 5) is 17.4. The lowest BCUT2D eigenvalue weighted by Gasteiger charge is -2.49. The van der Waals surface area contributed by atoms with Gasteiger partial charge in [0, 0.05) is 14.1 Å². The molecule has 42 heavy (non-hydrogen) atoms. The third-order valence-electron chi connectivity index (χ3n) is 8.19. The number of hydrogen-bond donors (Lipinski definition) is 1. The summed E-state index contributed by atoms with van der Waals surface area (Å²) in [5, 5.41) is 18.7. The van der Waals surface area contributed by atoms with E-state index >= 15 is 0 Å². The molecule has 212 valence electrons. The number of thioether (sulfide) groups is 1. The second kappa shape index (κ2) is 10.8. The van der Waals surface area contributed by atoms with Crippen LogP contribution in [0.3, 0.4) is 0 Å². The smallest absolute Gasteiger partial charge is 0.244 e. The molecule has 0 spiro atoms. The van der Waals surface area contributed by atoms with Crippen LogP contribution in [0.4, 0.5) is 0 Å². The molecular weight excluding hydrogens is 628 g/mol. The fourth-order valence-corrected chi connectivity index (χ4v) is 8.87. The van der Waals surface area contributed by atoms with E-state index in [2.05, 4.69) is 135 Å². The molecule has 1 N–H and O–H groups in total. The number of rotatable bonds is 8. The highest BCUT2D eigenvalue weighted by molar-refractivity contribution is 9.10. The number of hydrogen-bond acceptors (Lipinski definition) is 7. The van der Waals surface area contributed by atoms with Gasteiger partial charge in [0.25, 0.3) is 0 Å². The normalized spacial score (nSPS) is 21.3. The minimum Gasteiger partial charge on any atom is -0.315 e. The number of amides is 1. The van der Waals surface area contributed by atoms with Crippen molar-refractivity contribution < 1.29 is 4.79 Å². The highest BCUT2D eigenvalue weighted by Crippen LogP contribution is 2.57. The first-order chi connectivity index (χ1) is 20.4. The third-order valence-corrected chi connectivity index (χ3v) is 11.2. The number of aromatic nitrogens is 4. The van der Waals surface area contributed by atoms with Crippen molar-refractivity contribution in [1.29, 1.82) is 0 Å². The molecule has 2 aliphatic rings. The van der Waals surface area contributed by atoms with Crippen molar-refractivity contribution in [2.45, 2.75) is 48.1 Å². The maximum Gasteiger partial charge on any atom is 0.244 e. The zero-order valence-corrected chi connectivity index (χ0v) is 26.3. The molecule has 2 fully saturated rings. The Bertz CT molecular complexity index is 1650. The average Bonchev–Trinajstić information content (AvgIpc) is 3.74. The van der Waals surface area contributed by atoms with Crippen molar-refractivity contribution in [3.05, 3.63) is 134 Å². The molecule has 7 rings (SSSR count). The molecule has 0 radical (unpaired) electrons. The van der Waals surface area contributed by atoms with Crippen LogP contribution in [0.2, 0.25) is 0 Å². The van der Waals surface area contributed by atoms with E-state index in [-0.39, 0.29) is 22.1 Å². The van der Waals surface area contributed by atoms with E-state index < -0.39 is 11.6 Å². The lowest BCUT2D eigenvalue weighted by molar-refractivity contribution is -0.150. The number of carbonyl (C=O) groups excluding carboxylic acids is 1. The number of nitrogens with zero attached hydrogens (tertiary/aromatic N) is 5. The molecule has 10 heteroatoms. The number of fused-ring (bicyclic) bond motifs is 1. The zero-order valence-electron chi connectivity index (χ0n) is 23.1. The predicted octanol–water partition coefficient (Wildman–Crippen LogP) is 6.23. The second-order valence-electron chi connectivity index (χ2n) is 11.1. The van der Waals surface area contributed by atoms with Gasteiger partial charge in [0.2, 0.25) is 5.91 Å². The summed E-state index contributed by atoms with van der Waals surface area (Å²) in [5.41, 5.74) is 2.46. The van der Waals surface area contributed by atoms with Gasteiger partial charge in [0.05, 0.1) is 12.1 Å². The Morgan fingerprint density at radius 2 is 1.55 bits per heavy atom. The van der Waals surface area contributed by atoms with Gasteiger partial charge < -0.3 is 4.90 Å². The number of β-lactam (4-membered cyclic amide) rings is 1. The summed E-state index contributed by atoms with van der Waals surface area (Å²) < 4.78 is 2.55. The molecule has 3 aromatic carbocycles. The van der Waals surface area contributed by atoms with Crippen LogP contribution in [0.1, 0.15) is 47.3 Å². The van der Waals surface area contributed by atoms with Crippen molar-refractivity contribution in [2.75, 3.05) is 0 Å². The van der Waals surface area contributed by atoms with E-state index in [1.807, 2.05) is 39.5 Å². The maximum atomic E-state index is 14.3. The van der Waals surface area contributed by atoms with Crippen LogP contribution in [-0.2, 0) is 16.9 Å². The minimum atomic E-state index is -0.751. The van der Waals surface area contributed by atoms with Gasteiger partial charge in [-0.3, -0.25) is 10.1 Å². The van der Waals surface area contributed by atoms with E-state index in [0.717, 1.165) is 27.0 Å². The number of tetrazole rings is 1. The van der Waals surface area contributed by atoms with E-state index in [9.17, 15) is 4.79 Å². The van der Waals surface area contributed by atoms with Crippen LogP contribution in [0, 0.1) is 0 Å². The first-order valence-corrected chi connectivity index (χ1v) is 16.4. The fourth-order valence-electron chi connectivity index (χ4n) is 6.29. The van der Waals surface area contributed by atoms with Crippen LogP contribution in [-0.4, -0.2) is 47.2 Å².